The molecule has 0 aromatic carbocycles. The molecule has 2 aliphatic rings. The molecule has 3 aromatic heterocycles. The van der Waals surface area contributed by atoms with Gasteiger partial charge >= 0.3 is 0 Å². The van der Waals surface area contributed by atoms with Crippen LogP contribution >= 0.6 is 0 Å². The van der Waals surface area contributed by atoms with Gasteiger partial charge in [0.2, 0.25) is 0 Å². The molecule has 2 fully saturated rings. The Labute approximate surface area is 179 Å². The van der Waals surface area contributed by atoms with Gasteiger partial charge in [-0.05, 0) is 18.9 Å². The highest BCUT2D eigenvalue weighted by Gasteiger charge is 2.24. The third-order valence-corrected chi connectivity index (χ3v) is 5.85. The van der Waals surface area contributed by atoms with Crippen molar-refractivity contribution in [3.63, 3.8) is 0 Å². The molecule has 3 aromatic rings. The molecule has 9 heteroatoms. The van der Waals surface area contributed by atoms with Crippen LogP contribution in [0.4, 0.5) is 5.69 Å². The van der Waals surface area contributed by atoms with E-state index in [1.165, 1.54) is 12.6 Å². The van der Waals surface area contributed by atoms with E-state index in [9.17, 15) is 4.79 Å². The monoisotopic (exact) mass is 417 g/mol. The van der Waals surface area contributed by atoms with Crippen molar-refractivity contribution >= 4 is 17.2 Å². The zero-order valence-electron chi connectivity index (χ0n) is 17.0. The van der Waals surface area contributed by atoms with E-state index < -0.39 is 0 Å². The van der Waals surface area contributed by atoms with Crippen LogP contribution in [-0.2, 0) is 4.74 Å². The molecule has 31 heavy (non-hydrogen) atoms. The fourth-order valence-corrected chi connectivity index (χ4v) is 4.07. The summed E-state index contributed by atoms with van der Waals surface area (Å²) in [6.45, 7) is 1.22. The number of fused-ring (bicyclic) bond motifs is 1. The fraction of sp³-hybridized carbons (Fsp3) is 0.409. The number of rotatable bonds is 5. The highest BCUT2D eigenvalue weighted by Crippen LogP contribution is 2.28. The number of anilines is 1. The van der Waals surface area contributed by atoms with Crippen molar-refractivity contribution in [2.75, 3.05) is 18.5 Å². The summed E-state index contributed by atoms with van der Waals surface area (Å²) in [4.78, 5) is 21.9. The van der Waals surface area contributed by atoms with E-state index in [-0.39, 0.29) is 18.0 Å². The van der Waals surface area contributed by atoms with Crippen LogP contribution in [0.25, 0.3) is 16.9 Å². The normalized spacial score (nSPS) is 17.1. The van der Waals surface area contributed by atoms with Crippen molar-refractivity contribution < 1.29 is 9.53 Å². The summed E-state index contributed by atoms with van der Waals surface area (Å²) in [6.07, 6.45) is 12.0. The molecule has 9 nitrogen and oxygen atoms in total. The number of nitriles is 1. The zero-order valence-corrected chi connectivity index (χ0v) is 17.0. The Balaban J connectivity index is 1.47. The number of nitrogens with zero attached hydrogens (tertiary/aromatic N) is 5. The highest BCUT2D eigenvalue weighted by atomic mass is 16.5. The smallest absolute Gasteiger partial charge is 0.255 e. The third-order valence-electron chi connectivity index (χ3n) is 5.85. The molecule has 1 saturated carbocycles. The molecule has 2 N–H and O–H groups in total. The van der Waals surface area contributed by atoms with Crippen molar-refractivity contribution in [3.8, 4) is 17.3 Å². The lowest BCUT2D eigenvalue weighted by Crippen LogP contribution is -2.41. The predicted molar refractivity (Wildman–Crippen MR) is 114 cm³/mol. The summed E-state index contributed by atoms with van der Waals surface area (Å²) in [7, 11) is 0. The van der Waals surface area contributed by atoms with Gasteiger partial charge in [0.25, 0.3) is 5.91 Å². The topological polar surface area (TPSA) is 117 Å². The van der Waals surface area contributed by atoms with Crippen molar-refractivity contribution in [1.29, 1.82) is 5.26 Å². The molecule has 1 amide bonds. The van der Waals surface area contributed by atoms with Crippen LogP contribution in [0, 0.1) is 11.3 Å². The first-order valence-electron chi connectivity index (χ1n) is 10.6. The second-order valence-electron chi connectivity index (χ2n) is 8.08. The maximum absolute atomic E-state index is 13.0. The number of ether oxygens (including phenoxy) is 1. The summed E-state index contributed by atoms with van der Waals surface area (Å²) in [5, 5.41) is 20.0. The summed E-state index contributed by atoms with van der Waals surface area (Å²) in [5.74, 6) is -0.106. The highest BCUT2D eigenvalue weighted by molar-refractivity contribution is 6.00. The van der Waals surface area contributed by atoms with Gasteiger partial charge in [-0.2, -0.15) is 10.4 Å². The van der Waals surface area contributed by atoms with E-state index in [1.54, 1.807) is 23.1 Å². The van der Waals surface area contributed by atoms with Crippen LogP contribution in [0.15, 0.2) is 30.9 Å². The van der Waals surface area contributed by atoms with Crippen molar-refractivity contribution in [2.45, 2.75) is 44.2 Å². The van der Waals surface area contributed by atoms with Gasteiger partial charge in [-0.3, -0.25) is 9.78 Å². The van der Waals surface area contributed by atoms with Crippen LogP contribution in [0.2, 0.25) is 0 Å². The number of nitrogens with one attached hydrogen (secondary N) is 2. The number of pyridine rings is 1. The lowest BCUT2D eigenvalue weighted by Gasteiger charge is -2.29. The molecular weight excluding hydrogens is 394 g/mol. The van der Waals surface area contributed by atoms with Crippen LogP contribution in [0.3, 0.4) is 0 Å². The molecule has 1 aliphatic heterocycles. The Morgan fingerprint density at radius 1 is 1.13 bits per heavy atom. The van der Waals surface area contributed by atoms with Crippen LogP contribution < -0.4 is 10.6 Å². The number of carbonyl (C=O) groups is 1. The molecule has 5 rings (SSSR count). The lowest BCUT2D eigenvalue weighted by atomic mass is 9.95. The Bertz CT molecular complexity index is 1160. The van der Waals surface area contributed by atoms with E-state index >= 15 is 0 Å². The molecule has 158 valence electrons. The minimum absolute atomic E-state index is 0.106. The first-order valence-corrected chi connectivity index (χ1v) is 10.6. The van der Waals surface area contributed by atoms with E-state index in [1.807, 2.05) is 6.07 Å². The second kappa shape index (κ2) is 8.32. The van der Waals surface area contributed by atoms with Gasteiger partial charge in [0, 0.05) is 18.4 Å². The summed E-state index contributed by atoms with van der Waals surface area (Å²) >= 11 is 0. The number of aromatic nitrogens is 4. The number of amides is 1. The zero-order chi connectivity index (χ0) is 21.2. The van der Waals surface area contributed by atoms with Crippen LogP contribution in [-0.4, -0.2) is 50.8 Å². The van der Waals surface area contributed by atoms with Gasteiger partial charge in [-0.1, -0.05) is 19.3 Å². The molecule has 0 bridgehead atoms. The summed E-state index contributed by atoms with van der Waals surface area (Å²) in [6, 6.07) is 4.31. The van der Waals surface area contributed by atoms with E-state index in [0.29, 0.717) is 35.7 Å². The minimum atomic E-state index is -0.106. The molecule has 4 heterocycles. The quantitative estimate of drug-likeness (QED) is 0.655. The first kappa shape index (κ1) is 19.5. The van der Waals surface area contributed by atoms with Crippen molar-refractivity contribution in [1.82, 2.24) is 24.9 Å². The fourth-order valence-electron chi connectivity index (χ4n) is 4.07. The summed E-state index contributed by atoms with van der Waals surface area (Å²) in [5.41, 5.74) is 3.67. The Morgan fingerprint density at radius 2 is 1.97 bits per heavy atom. The maximum Gasteiger partial charge on any atom is 0.255 e. The van der Waals surface area contributed by atoms with E-state index in [0.717, 1.165) is 36.9 Å². The Morgan fingerprint density at radius 3 is 2.71 bits per heavy atom. The molecule has 0 unspecified atom stereocenters. The maximum atomic E-state index is 13.0. The van der Waals surface area contributed by atoms with Crippen molar-refractivity contribution in [2.24, 2.45) is 0 Å². The van der Waals surface area contributed by atoms with E-state index in [4.69, 9.17) is 10.00 Å². The number of hydrogen-bond acceptors (Lipinski definition) is 7. The predicted octanol–water partition coefficient (Wildman–Crippen LogP) is 2.54. The van der Waals surface area contributed by atoms with Gasteiger partial charge in [-0.15, -0.1) is 0 Å². The van der Waals surface area contributed by atoms with Gasteiger partial charge in [-0.25, -0.2) is 9.50 Å². The lowest BCUT2D eigenvalue weighted by molar-refractivity contribution is 0.0210. The van der Waals surface area contributed by atoms with E-state index in [2.05, 4.69) is 31.8 Å². The molecule has 0 radical (unpaired) electrons. The standard InChI is InChI=1S/C22H23N7O2/c23-7-14-8-25-21-17(10-26-29(21)11-14)19-6-20(27-16-12-31-13-16)18(9-24-19)22(30)28-15-4-2-1-3-5-15/h6,8-11,15-16H,1-5,12-13H2,(H,24,27)(H,28,30). The molecule has 1 aliphatic carbocycles. The minimum Gasteiger partial charge on any atom is -0.377 e. The van der Waals surface area contributed by atoms with Gasteiger partial charge < -0.3 is 15.4 Å². The SMILES string of the molecule is N#Cc1cnc2c(-c3cc(NC4COC4)c(C(=O)NC4CCCCC4)cn3)cnn2c1. The third kappa shape index (κ3) is 3.94. The average Bonchev–Trinajstić information content (AvgIpc) is 3.20. The largest absolute Gasteiger partial charge is 0.377 e. The number of hydrogen-bond donors (Lipinski definition) is 2. The molecular formula is C22H23N7O2. The second-order valence-corrected chi connectivity index (χ2v) is 8.08. The Hall–Kier alpha value is -3.51. The van der Waals surface area contributed by atoms with Crippen molar-refractivity contribution in [3.05, 3.63) is 42.0 Å². The van der Waals surface area contributed by atoms with Crippen LogP contribution in [0.1, 0.15) is 48.0 Å². The van der Waals surface area contributed by atoms with Gasteiger partial charge in [0.15, 0.2) is 5.65 Å². The molecule has 1 saturated heterocycles. The first-order chi connectivity index (χ1) is 15.2. The van der Waals surface area contributed by atoms with Gasteiger partial charge in [0.05, 0.1) is 59.7 Å². The molecule has 0 atom stereocenters. The average molecular weight is 417 g/mol. The Kier molecular flexibility index (Phi) is 5.22. The molecule has 0 spiro atoms. The van der Waals surface area contributed by atoms with Crippen LogP contribution in [0.5, 0.6) is 0 Å². The summed E-state index contributed by atoms with van der Waals surface area (Å²) < 4.78 is 6.84. The number of carbonyl (C=O) groups excluding carboxylic acids is 1. The van der Waals surface area contributed by atoms with Gasteiger partial charge in [0.1, 0.15) is 6.07 Å².